The first-order chi connectivity index (χ1) is 11.1. The van der Waals surface area contributed by atoms with E-state index >= 15 is 0 Å². The molecule has 0 aliphatic heterocycles. The average Bonchev–Trinajstić information content (AvgIpc) is 2.51. The minimum absolute atomic E-state index is 0.342. The molecule has 0 aliphatic rings. The second-order valence-electron chi connectivity index (χ2n) is 5.15. The van der Waals surface area contributed by atoms with Gasteiger partial charge in [-0.05, 0) is 32.0 Å². The van der Waals surface area contributed by atoms with Crippen LogP contribution in [0.4, 0.5) is 24.5 Å². The van der Waals surface area contributed by atoms with Gasteiger partial charge in [0.25, 0.3) is 5.91 Å². The fourth-order valence-electron chi connectivity index (χ4n) is 1.69. The van der Waals surface area contributed by atoms with Crippen LogP contribution < -0.4 is 16.0 Å². The van der Waals surface area contributed by atoms with E-state index in [1.54, 1.807) is 36.5 Å². The number of amides is 2. The summed E-state index contributed by atoms with van der Waals surface area (Å²) in [6, 6.07) is 5.59. The number of methoxy groups -OCH3 is 1. The van der Waals surface area contributed by atoms with Crippen molar-refractivity contribution in [3.8, 4) is 0 Å². The van der Waals surface area contributed by atoms with Crippen LogP contribution in [0.2, 0.25) is 0 Å². The molecule has 0 bridgehead atoms. The fraction of sp³-hybridized carbons (Fsp3) is 0.467. The van der Waals surface area contributed by atoms with E-state index in [9.17, 15) is 22.8 Å². The standard InChI is InChI=1S/C15H20F3N3O3/c1-9(13(22)19-8-15(16,17)18)20-11-5-4-6-12(7-11)21-14(23)10(2)24-3/h4-7,9-10,20H,8H2,1-3H3,(H,19,22)(H,21,23). The Kier molecular flexibility index (Phi) is 7.02. The number of hydrogen-bond acceptors (Lipinski definition) is 4. The molecule has 9 heteroatoms. The Labute approximate surface area is 137 Å². The molecular weight excluding hydrogens is 327 g/mol. The molecule has 0 aromatic heterocycles. The zero-order chi connectivity index (χ0) is 18.3. The monoisotopic (exact) mass is 347 g/mol. The van der Waals surface area contributed by atoms with Gasteiger partial charge in [-0.25, -0.2) is 0 Å². The van der Waals surface area contributed by atoms with Crippen molar-refractivity contribution in [1.82, 2.24) is 5.32 Å². The molecule has 24 heavy (non-hydrogen) atoms. The van der Waals surface area contributed by atoms with E-state index in [2.05, 4.69) is 10.6 Å². The summed E-state index contributed by atoms with van der Waals surface area (Å²) in [7, 11) is 1.41. The van der Waals surface area contributed by atoms with Gasteiger partial charge in [-0.3, -0.25) is 9.59 Å². The lowest BCUT2D eigenvalue weighted by atomic mass is 10.2. The summed E-state index contributed by atoms with van der Waals surface area (Å²) in [5.41, 5.74) is 0.948. The van der Waals surface area contributed by atoms with E-state index in [1.165, 1.54) is 14.0 Å². The van der Waals surface area contributed by atoms with Gasteiger partial charge in [0.05, 0.1) is 0 Å². The first kappa shape index (κ1) is 19.8. The number of alkyl halides is 3. The van der Waals surface area contributed by atoms with Gasteiger partial charge in [0, 0.05) is 18.5 Å². The molecule has 0 fully saturated rings. The van der Waals surface area contributed by atoms with Crippen LogP contribution in [0.1, 0.15) is 13.8 Å². The SMILES string of the molecule is COC(C)C(=O)Nc1cccc(NC(C)C(=O)NCC(F)(F)F)c1. The molecule has 0 radical (unpaired) electrons. The first-order valence-corrected chi connectivity index (χ1v) is 7.17. The van der Waals surface area contributed by atoms with Crippen molar-refractivity contribution in [3.63, 3.8) is 0 Å². The largest absolute Gasteiger partial charge is 0.405 e. The highest BCUT2D eigenvalue weighted by molar-refractivity contribution is 5.94. The predicted octanol–water partition coefficient (Wildman–Crippen LogP) is 2.14. The third kappa shape index (κ3) is 6.86. The summed E-state index contributed by atoms with van der Waals surface area (Å²) >= 11 is 0. The van der Waals surface area contributed by atoms with Crippen LogP contribution in [0.25, 0.3) is 0 Å². The molecule has 0 aliphatic carbocycles. The minimum Gasteiger partial charge on any atom is -0.374 e. The molecule has 0 spiro atoms. The zero-order valence-corrected chi connectivity index (χ0v) is 13.5. The molecule has 2 atom stereocenters. The van der Waals surface area contributed by atoms with Gasteiger partial charge in [-0.2, -0.15) is 13.2 Å². The first-order valence-electron chi connectivity index (χ1n) is 7.17. The van der Waals surface area contributed by atoms with Gasteiger partial charge >= 0.3 is 6.18 Å². The number of rotatable bonds is 7. The van der Waals surface area contributed by atoms with E-state index in [4.69, 9.17) is 4.74 Å². The van der Waals surface area contributed by atoms with Crippen molar-refractivity contribution >= 4 is 23.2 Å². The lowest BCUT2D eigenvalue weighted by Gasteiger charge is -2.17. The Morgan fingerprint density at radius 3 is 2.38 bits per heavy atom. The fourth-order valence-corrected chi connectivity index (χ4v) is 1.69. The molecule has 1 rings (SSSR count). The number of ether oxygens (including phenoxy) is 1. The number of anilines is 2. The van der Waals surface area contributed by atoms with E-state index in [0.717, 1.165) is 0 Å². The van der Waals surface area contributed by atoms with Crippen LogP contribution >= 0.6 is 0 Å². The van der Waals surface area contributed by atoms with E-state index < -0.39 is 30.8 Å². The smallest absolute Gasteiger partial charge is 0.374 e. The van der Waals surface area contributed by atoms with Crippen LogP contribution in [-0.4, -0.2) is 43.8 Å². The Morgan fingerprint density at radius 2 is 1.79 bits per heavy atom. The summed E-state index contributed by atoms with van der Waals surface area (Å²) in [4.78, 5) is 23.4. The maximum atomic E-state index is 12.1. The lowest BCUT2D eigenvalue weighted by Crippen LogP contribution is -2.42. The number of halogens is 3. The van der Waals surface area contributed by atoms with Gasteiger partial charge < -0.3 is 20.7 Å². The number of hydrogen-bond donors (Lipinski definition) is 3. The number of carbonyl (C=O) groups excluding carboxylic acids is 2. The normalized spacial score (nSPS) is 13.8. The molecule has 0 heterocycles. The van der Waals surface area contributed by atoms with Crippen molar-refractivity contribution in [2.24, 2.45) is 0 Å². The second kappa shape index (κ2) is 8.53. The summed E-state index contributed by atoms with van der Waals surface area (Å²) in [6.07, 6.45) is -5.09. The van der Waals surface area contributed by atoms with Gasteiger partial charge in [0.1, 0.15) is 18.7 Å². The molecule has 6 nitrogen and oxygen atoms in total. The highest BCUT2D eigenvalue weighted by Crippen LogP contribution is 2.17. The third-order valence-corrected chi connectivity index (χ3v) is 3.09. The number of benzene rings is 1. The van der Waals surface area contributed by atoms with E-state index in [-0.39, 0.29) is 5.91 Å². The second-order valence-corrected chi connectivity index (χ2v) is 5.15. The molecule has 1 aromatic carbocycles. The molecule has 1 aromatic rings. The maximum absolute atomic E-state index is 12.1. The Bertz CT molecular complexity index is 579. The lowest BCUT2D eigenvalue weighted by molar-refractivity contribution is -0.138. The molecule has 2 unspecified atom stereocenters. The quantitative estimate of drug-likeness (QED) is 0.706. The van der Waals surface area contributed by atoms with Gasteiger partial charge in [-0.1, -0.05) is 6.07 Å². The van der Waals surface area contributed by atoms with Crippen molar-refractivity contribution in [1.29, 1.82) is 0 Å². The zero-order valence-electron chi connectivity index (χ0n) is 13.5. The summed E-state index contributed by atoms with van der Waals surface area (Å²) in [5, 5.41) is 7.20. The summed E-state index contributed by atoms with van der Waals surface area (Å²) in [5.74, 6) is -1.12. The van der Waals surface area contributed by atoms with Crippen molar-refractivity contribution in [2.75, 3.05) is 24.3 Å². The highest BCUT2D eigenvalue weighted by Gasteiger charge is 2.28. The third-order valence-electron chi connectivity index (χ3n) is 3.09. The summed E-state index contributed by atoms with van der Waals surface area (Å²) in [6.45, 7) is 1.64. The Balaban J connectivity index is 2.63. The van der Waals surface area contributed by atoms with Crippen molar-refractivity contribution in [3.05, 3.63) is 24.3 Å². The molecule has 2 amide bonds. The minimum atomic E-state index is -4.46. The topological polar surface area (TPSA) is 79.5 Å². The predicted molar refractivity (Wildman–Crippen MR) is 83.7 cm³/mol. The van der Waals surface area contributed by atoms with Crippen LogP contribution in [-0.2, 0) is 14.3 Å². The molecule has 134 valence electrons. The van der Waals surface area contributed by atoms with Crippen LogP contribution in [0.3, 0.4) is 0 Å². The van der Waals surface area contributed by atoms with Gasteiger partial charge in [-0.15, -0.1) is 0 Å². The molecule has 3 N–H and O–H groups in total. The number of carbonyl (C=O) groups is 2. The molecule has 0 saturated heterocycles. The van der Waals surface area contributed by atoms with Crippen LogP contribution in [0.15, 0.2) is 24.3 Å². The van der Waals surface area contributed by atoms with E-state index in [1.807, 2.05) is 0 Å². The highest BCUT2D eigenvalue weighted by atomic mass is 19.4. The Morgan fingerprint density at radius 1 is 1.17 bits per heavy atom. The molecule has 0 saturated carbocycles. The van der Waals surface area contributed by atoms with Gasteiger partial charge in [0.2, 0.25) is 5.91 Å². The Hall–Kier alpha value is -2.29. The van der Waals surface area contributed by atoms with Crippen LogP contribution in [0, 0.1) is 0 Å². The van der Waals surface area contributed by atoms with Crippen molar-refractivity contribution < 1.29 is 27.5 Å². The van der Waals surface area contributed by atoms with Gasteiger partial charge in [0.15, 0.2) is 0 Å². The number of nitrogens with one attached hydrogen (secondary N) is 3. The van der Waals surface area contributed by atoms with Crippen molar-refractivity contribution in [2.45, 2.75) is 32.2 Å². The van der Waals surface area contributed by atoms with E-state index in [0.29, 0.717) is 11.4 Å². The van der Waals surface area contributed by atoms with Crippen LogP contribution in [0.5, 0.6) is 0 Å². The maximum Gasteiger partial charge on any atom is 0.405 e. The molecular formula is C15H20F3N3O3. The average molecular weight is 347 g/mol. The summed E-state index contributed by atoms with van der Waals surface area (Å²) < 4.78 is 41.2.